The second kappa shape index (κ2) is 10.1. The number of nitrogens with zero attached hydrogens (tertiary/aromatic N) is 2. The zero-order valence-corrected chi connectivity index (χ0v) is 19.5. The number of carbonyl (C=O) groups is 1. The van der Waals surface area contributed by atoms with Gasteiger partial charge in [-0.25, -0.2) is 8.42 Å². The first-order chi connectivity index (χ1) is 14.7. The highest BCUT2D eigenvalue weighted by molar-refractivity contribution is 7.89. The van der Waals surface area contributed by atoms with Crippen LogP contribution in [0.4, 0.5) is 0 Å². The average molecular weight is 466 g/mol. The van der Waals surface area contributed by atoms with Gasteiger partial charge in [0.05, 0.1) is 12.1 Å². The quantitative estimate of drug-likeness (QED) is 0.635. The van der Waals surface area contributed by atoms with Gasteiger partial charge in [-0.1, -0.05) is 45.9 Å². The number of rotatable bonds is 7. The molecule has 0 bridgehead atoms. The van der Waals surface area contributed by atoms with Crippen molar-refractivity contribution in [1.82, 2.24) is 14.7 Å². The van der Waals surface area contributed by atoms with Gasteiger partial charge in [-0.05, 0) is 43.5 Å². The van der Waals surface area contributed by atoms with Crippen LogP contribution in [0.25, 0.3) is 0 Å². The Morgan fingerprint density at radius 2 is 1.94 bits per heavy atom. The number of amides is 1. The van der Waals surface area contributed by atoms with Gasteiger partial charge in [0, 0.05) is 38.3 Å². The van der Waals surface area contributed by atoms with Crippen LogP contribution in [0.3, 0.4) is 0 Å². The molecule has 1 saturated heterocycles. The molecule has 0 aromatic heterocycles. The maximum atomic E-state index is 12.7. The van der Waals surface area contributed by atoms with Gasteiger partial charge in [-0.15, -0.1) is 0 Å². The second-order valence-electron chi connectivity index (χ2n) is 7.76. The number of sulfonamides is 1. The van der Waals surface area contributed by atoms with Crippen molar-refractivity contribution in [3.63, 3.8) is 0 Å². The zero-order valence-electron chi connectivity index (χ0n) is 18.0. The normalized spacial score (nSPS) is 15.9. The Labute approximate surface area is 188 Å². The van der Waals surface area contributed by atoms with Crippen molar-refractivity contribution < 1.29 is 18.0 Å². The number of aryl methyl sites for hydroxylation is 1. The fourth-order valence-electron chi connectivity index (χ4n) is 3.65. The van der Waals surface area contributed by atoms with Crippen molar-refractivity contribution in [2.45, 2.75) is 37.2 Å². The molecule has 1 heterocycles. The third-order valence-corrected chi connectivity index (χ3v) is 7.64. The molecule has 1 fully saturated rings. The number of hydrogen-bond donors (Lipinski definition) is 1. The number of benzene rings is 2. The molecule has 0 saturated carbocycles. The van der Waals surface area contributed by atoms with Crippen LogP contribution < -0.4 is 5.32 Å². The van der Waals surface area contributed by atoms with E-state index in [1.807, 2.05) is 0 Å². The van der Waals surface area contributed by atoms with Crippen LogP contribution >= 0.6 is 11.6 Å². The number of piperidine rings is 1. The Hall–Kier alpha value is -1.97. The molecule has 0 aliphatic carbocycles. The van der Waals surface area contributed by atoms with Crippen molar-refractivity contribution in [3.8, 4) is 0 Å². The van der Waals surface area contributed by atoms with Gasteiger partial charge < -0.3 is 5.32 Å². The van der Waals surface area contributed by atoms with Gasteiger partial charge in [0.1, 0.15) is 4.90 Å². The summed E-state index contributed by atoms with van der Waals surface area (Å²) in [5.41, 5.74) is 2.79. The fraction of sp³-hybridized carbons (Fsp3) is 0.409. The summed E-state index contributed by atoms with van der Waals surface area (Å²) in [6, 6.07) is 12.8. The van der Waals surface area contributed by atoms with Crippen LogP contribution in [-0.4, -0.2) is 57.0 Å². The maximum Gasteiger partial charge on any atom is 0.266 e. The summed E-state index contributed by atoms with van der Waals surface area (Å²) in [5.74, 6) is -0.315. The zero-order chi connectivity index (χ0) is 22.6. The lowest BCUT2D eigenvalue weighted by atomic mass is 10.0. The van der Waals surface area contributed by atoms with Gasteiger partial charge >= 0.3 is 0 Å². The Kier molecular flexibility index (Phi) is 7.72. The molecule has 2 aromatic rings. The lowest BCUT2D eigenvalue weighted by molar-refractivity contribution is -0.0258. The Morgan fingerprint density at radius 3 is 2.58 bits per heavy atom. The Balaban J connectivity index is 1.61. The number of hydrogen-bond acceptors (Lipinski definition) is 5. The topological polar surface area (TPSA) is 78.9 Å². The molecule has 0 spiro atoms. The maximum absolute atomic E-state index is 12.7. The van der Waals surface area contributed by atoms with E-state index >= 15 is 0 Å². The highest BCUT2D eigenvalue weighted by atomic mass is 35.5. The molecule has 3 rings (SSSR count). The standard InChI is InChI=1S/C22H28ClN3O4S/c1-16-5-4-6-17(13-16)15-26-11-9-19(10-12-26)24-22(27)18-7-8-20(23)21(14-18)31(28,29)25(2)30-3/h4-8,13-14,19H,9-12,15H2,1-3H3,(H,24,27). The SMILES string of the molecule is CON(C)S(=O)(=O)c1cc(C(=O)NC2CCN(Cc3cccc(C)c3)CC2)ccc1Cl. The van der Waals surface area contributed by atoms with E-state index in [2.05, 4.69) is 41.4 Å². The number of likely N-dealkylation sites (tertiary alicyclic amines) is 1. The van der Waals surface area contributed by atoms with Crippen molar-refractivity contribution in [3.05, 3.63) is 64.2 Å². The highest BCUT2D eigenvalue weighted by Crippen LogP contribution is 2.25. The third-order valence-electron chi connectivity index (χ3n) is 5.48. The minimum Gasteiger partial charge on any atom is -0.349 e. The monoisotopic (exact) mass is 465 g/mol. The molecule has 1 amide bonds. The van der Waals surface area contributed by atoms with E-state index in [0.717, 1.165) is 32.5 Å². The van der Waals surface area contributed by atoms with Crippen molar-refractivity contribution in [2.75, 3.05) is 27.2 Å². The first-order valence-electron chi connectivity index (χ1n) is 10.1. The third kappa shape index (κ3) is 5.84. The summed E-state index contributed by atoms with van der Waals surface area (Å²) >= 11 is 6.07. The van der Waals surface area contributed by atoms with Gasteiger partial charge in [0.15, 0.2) is 0 Å². The van der Waals surface area contributed by atoms with Gasteiger partial charge in [0.2, 0.25) is 0 Å². The number of carbonyl (C=O) groups excluding carboxylic acids is 1. The second-order valence-corrected chi connectivity index (χ2v) is 10.1. The van der Waals surface area contributed by atoms with E-state index in [-0.39, 0.29) is 27.4 Å². The molecule has 0 radical (unpaired) electrons. The predicted octanol–water partition coefficient (Wildman–Crippen LogP) is 3.22. The van der Waals surface area contributed by atoms with Crippen LogP contribution in [0.5, 0.6) is 0 Å². The summed E-state index contributed by atoms with van der Waals surface area (Å²) in [5, 5.41) is 3.05. The van der Waals surface area contributed by atoms with Gasteiger partial charge in [-0.2, -0.15) is 0 Å². The Bertz CT molecular complexity index is 1040. The number of halogens is 1. The Morgan fingerprint density at radius 1 is 1.23 bits per heavy atom. The molecule has 1 aliphatic heterocycles. The van der Waals surface area contributed by atoms with Crippen LogP contribution in [0.2, 0.25) is 5.02 Å². The molecule has 31 heavy (non-hydrogen) atoms. The van der Waals surface area contributed by atoms with Gasteiger partial charge in [-0.3, -0.25) is 14.5 Å². The molecule has 0 atom stereocenters. The summed E-state index contributed by atoms with van der Waals surface area (Å²) in [7, 11) is -1.45. The summed E-state index contributed by atoms with van der Waals surface area (Å²) < 4.78 is 25.8. The van der Waals surface area contributed by atoms with E-state index in [1.54, 1.807) is 0 Å². The van der Waals surface area contributed by atoms with E-state index in [9.17, 15) is 13.2 Å². The van der Waals surface area contributed by atoms with E-state index in [4.69, 9.17) is 16.4 Å². The summed E-state index contributed by atoms with van der Waals surface area (Å²) in [4.78, 5) is 19.7. The first-order valence-corrected chi connectivity index (χ1v) is 11.9. The number of hydroxylamine groups is 1. The molecule has 0 unspecified atom stereocenters. The molecule has 1 aliphatic rings. The van der Waals surface area contributed by atoms with E-state index in [1.165, 1.54) is 43.5 Å². The van der Waals surface area contributed by atoms with Crippen LogP contribution in [0.15, 0.2) is 47.4 Å². The lowest BCUT2D eigenvalue weighted by Crippen LogP contribution is -2.44. The first kappa shape index (κ1) is 23.7. The fourth-order valence-corrected chi connectivity index (χ4v) is 5.13. The molecule has 2 aromatic carbocycles. The summed E-state index contributed by atoms with van der Waals surface area (Å²) in [6.07, 6.45) is 1.67. The largest absolute Gasteiger partial charge is 0.349 e. The lowest BCUT2D eigenvalue weighted by Gasteiger charge is -2.32. The molecule has 168 valence electrons. The average Bonchev–Trinajstić information content (AvgIpc) is 2.74. The molecular formula is C22H28ClN3O4S. The highest BCUT2D eigenvalue weighted by Gasteiger charge is 2.26. The van der Waals surface area contributed by atoms with E-state index in [0.29, 0.717) is 4.47 Å². The predicted molar refractivity (Wildman–Crippen MR) is 120 cm³/mol. The minimum absolute atomic E-state index is 0.0323. The molecular weight excluding hydrogens is 438 g/mol. The smallest absolute Gasteiger partial charge is 0.266 e. The van der Waals surface area contributed by atoms with Crippen LogP contribution in [0.1, 0.15) is 34.3 Å². The van der Waals surface area contributed by atoms with Crippen LogP contribution in [0, 0.1) is 6.92 Å². The van der Waals surface area contributed by atoms with Crippen LogP contribution in [-0.2, 0) is 21.4 Å². The van der Waals surface area contributed by atoms with Crippen molar-refractivity contribution >= 4 is 27.5 Å². The van der Waals surface area contributed by atoms with Crippen molar-refractivity contribution in [1.29, 1.82) is 0 Å². The van der Waals surface area contributed by atoms with E-state index < -0.39 is 10.0 Å². The minimum atomic E-state index is -3.96. The van der Waals surface area contributed by atoms with Crippen molar-refractivity contribution in [2.24, 2.45) is 0 Å². The molecule has 1 N–H and O–H groups in total. The molecule has 7 nitrogen and oxygen atoms in total. The summed E-state index contributed by atoms with van der Waals surface area (Å²) in [6.45, 7) is 4.76. The number of nitrogens with one attached hydrogen (secondary N) is 1. The van der Waals surface area contributed by atoms with Gasteiger partial charge in [0.25, 0.3) is 15.9 Å². The molecule has 9 heteroatoms.